The highest BCUT2D eigenvalue weighted by Crippen LogP contribution is 2.34. The second kappa shape index (κ2) is 6.52. The number of fused-ring (bicyclic) bond motifs is 2. The molecule has 0 spiro atoms. The lowest BCUT2D eigenvalue weighted by atomic mass is 10.2. The number of aromatic nitrogens is 1. The van der Waals surface area contributed by atoms with Crippen LogP contribution in [0, 0.1) is 0 Å². The van der Waals surface area contributed by atoms with Gasteiger partial charge < -0.3 is 19.0 Å². The molecule has 6 nitrogen and oxygen atoms in total. The molecule has 2 aromatic carbocycles. The first-order chi connectivity index (χ1) is 12.2. The lowest BCUT2D eigenvalue weighted by Crippen LogP contribution is -2.15. The zero-order chi connectivity index (χ0) is 17.2. The van der Waals surface area contributed by atoms with Crippen LogP contribution in [0.1, 0.15) is 5.56 Å². The van der Waals surface area contributed by atoms with Crippen LogP contribution in [0.5, 0.6) is 11.5 Å². The van der Waals surface area contributed by atoms with Crippen LogP contribution in [0.15, 0.2) is 57.0 Å². The third-order valence-electron chi connectivity index (χ3n) is 3.55. The fourth-order valence-corrected chi connectivity index (χ4v) is 3.17. The van der Waals surface area contributed by atoms with E-state index in [0.717, 1.165) is 11.8 Å². The number of para-hydroxylation sites is 2. The number of oxazole rings is 1. The van der Waals surface area contributed by atoms with Crippen LogP contribution in [-0.4, -0.2) is 29.3 Å². The summed E-state index contributed by atoms with van der Waals surface area (Å²) < 4.78 is 16.6. The van der Waals surface area contributed by atoms with Gasteiger partial charge in [-0.05, 0) is 47.7 Å². The standard InChI is InChI=1S/C18H13NO5S/c20-17(21)16(25-18-19-12-3-1-2-4-13(12)24-18)10-11-5-6-14-15(9-11)23-8-7-22-14/h1-6,9-10H,7-8H2,(H,20,21)/b16-10-. The molecule has 0 unspecified atom stereocenters. The van der Waals surface area contributed by atoms with Gasteiger partial charge in [-0.1, -0.05) is 18.2 Å². The van der Waals surface area contributed by atoms with Crippen LogP contribution in [0.3, 0.4) is 0 Å². The lowest BCUT2D eigenvalue weighted by Gasteiger charge is -2.18. The zero-order valence-electron chi connectivity index (χ0n) is 13.0. The van der Waals surface area contributed by atoms with E-state index in [4.69, 9.17) is 13.9 Å². The van der Waals surface area contributed by atoms with E-state index in [9.17, 15) is 9.90 Å². The van der Waals surface area contributed by atoms with Gasteiger partial charge in [-0.2, -0.15) is 0 Å². The third kappa shape index (κ3) is 3.32. The van der Waals surface area contributed by atoms with Crippen molar-refractivity contribution in [3.8, 4) is 11.5 Å². The van der Waals surface area contributed by atoms with E-state index in [2.05, 4.69) is 4.98 Å². The van der Waals surface area contributed by atoms with Gasteiger partial charge in [0.15, 0.2) is 17.1 Å². The highest BCUT2D eigenvalue weighted by atomic mass is 32.2. The summed E-state index contributed by atoms with van der Waals surface area (Å²) in [5.74, 6) is 0.214. The maximum Gasteiger partial charge on any atom is 0.342 e. The summed E-state index contributed by atoms with van der Waals surface area (Å²) in [6.45, 7) is 0.986. The molecule has 1 N–H and O–H groups in total. The first kappa shape index (κ1) is 15.6. The van der Waals surface area contributed by atoms with Gasteiger partial charge in [-0.15, -0.1) is 0 Å². The SMILES string of the molecule is O=C(O)/C(=C/c1ccc2c(c1)OCCO2)Sc1nc2ccccc2o1. The van der Waals surface area contributed by atoms with Crippen LogP contribution in [0.25, 0.3) is 17.2 Å². The van der Waals surface area contributed by atoms with Crippen LogP contribution in [0.2, 0.25) is 0 Å². The average molecular weight is 355 g/mol. The van der Waals surface area contributed by atoms with Crippen molar-refractivity contribution < 1.29 is 23.8 Å². The van der Waals surface area contributed by atoms with Crippen molar-refractivity contribution in [2.24, 2.45) is 0 Å². The summed E-state index contributed by atoms with van der Waals surface area (Å²) in [6.07, 6.45) is 1.56. The van der Waals surface area contributed by atoms with Gasteiger partial charge in [0, 0.05) is 0 Å². The fraction of sp³-hybridized carbons (Fsp3) is 0.111. The van der Waals surface area contributed by atoms with Gasteiger partial charge in [0.2, 0.25) is 0 Å². The molecular formula is C18H13NO5S. The highest BCUT2D eigenvalue weighted by molar-refractivity contribution is 8.03. The Hall–Kier alpha value is -2.93. The van der Waals surface area contributed by atoms with Crippen molar-refractivity contribution in [1.82, 2.24) is 4.98 Å². The van der Waals surface area contributed by atoms with Gasteiger partial charge >= 0.3 is 5.97 Å². The Bertz CT molecular complexity index is 946. The highest BCUT2D eigenvalue weighted by Gasteiger charge is 2.16. The lowest BCUT2D eigenvalue weighted by molar-refractivity contribution is -0.131. The summed E-state index contributed by atoms with van der Waals surface area (Å²) in [6, 6.07) is 12.6. The second-order valence-corrected chi connectivity index (χ2v) is 6.26. The topological polar surface area (TPSA) is 81.8 Å². The molecule has 0 saturated heterocycles. The minimum Gasteiger partial charge on any atom is -0.486 e. The summed E-state index contributed by atoms with van der Waals surface area (Å²) in [4.78, 5) is 16.0. The van der Waals surface area contributed by atoms with Gasteiger partial charge in [0.1, 0.15) is 23.6 Å². The van der Waals surface area contributed by atoms with Crippen LogP contribution >= 0.6 is 11.8 Å². The normalized spacial score (nSPS) is 13.8. The van der Waals surface area contributed by atoms with Crippen molar-refractivity contribution in [1.29, 1.82) is 0 Å². The number of carbonyl (C=O) groups is 1. The molecular weight excluding hydrogens is 342 g/mol. The van der Waals surface area contributed by atoms with E-state index in [1.54, 1.807) is 30.3 Å². The first-order valence-electron chi connectivity index (χ1n) is 7.57. The molecule has 0 atom stereocenters. The number of carboxylic acid groups (broad SMARTS) is 1. The molecule has 2 heterocycles. The number of aliphatic carboxylic acids is 1. The van der Waals surface area contributed by atoms with E-state index in [-0.39, 0.29) is 10.1 Å². The number of nitrogens with zero attached hydrogens (tertiary/aromatic N) is 1. The number of thioether (sulfide) groups is 1. The quantitative estimate of drug-likeness (QED) is 0.563. The Balaban J connectivity index is 1.64. The Morgan fingerprint density at radius 1 is 1.12 bits per heavy atom. The molecule has 3 aromatic rings. The molecule has 7 heteroatoms. The third-order valence-corrected chi connectivity index (χ3v) is 4.41. The Morgan fingerprint density at radius 2 is 1.92 bits per heavy atom. The maximum atomic E-state index is 11.6. The molecule has 0 fully saturated rings. The number of rotatable bonds is 4. The number of carboxylic acids is 1. The average Bonchev–Trinajstić information content (AvgIpc) is 3.03. The van der Waals surface area contributed by atoms with Gasteiger partial charge in [0.25, 0.3) is 5.22 Å². The van der Waals surface area contributed by atoms with E-state index in [1.165, 1.54) is 0 Å². The fourth-order valence-electron chi connectivity index (χ4n) is 2.42. The van der Waals surface area contributed by atoms with Crippen molar-refractivity contribution in [2.45, 2.75) is 5.22 Å². The van der Waals surface area contributed by atoms with Crippen molar-refractivity contribution in [3.05, 3.63) is 52.9 Å². The van der Waals surface area contributed by atoms with Gasteiger partial charge in [-0.3, -0.25) is 0 Å². The van der Waals surface area contributed by atoms with Crippen molar-refractivity contribution in [3.63, 3.8) is 0 Å². The predicted molar refractivity (Wildman–Crippen MR) is 92.9 cm³/mol. The smallest absolute Gasteiger partial charge is 0.342 e. The Morgan fingerprint density at radius 3 is 2.72 bits per heavy atom. The van der Waals surface area contributed by atoms with Crippen LogP contribution in [0.4, 0.5) is 0 Å². The van der Waals surface area contributed by atoms with Crippen molar-refractivity contribution in [2.75, 3.05) is 13.2 Å². The Kier molecular flexibility index (Phi) is 4.07. The minimum atomic E-state index is -1.05. The minimum absolute atomic E-state index is 0.100. The van der Waals surface area contributed by atoms with E-state index in [0.29, 0.717) is 41.4 Å². The van der Waals surface area contributed by atoms with E-state index < -0.39 is 5.97 Å². The number of hydrogen-bond acceptors (Lipinski definition) is 6. The molecule has 126 valence electrons. The van der Waals surface area contributed by atoms with Crippen LogP contribution < -0.4 is 9.47 Å². The zero-order valence-corrected chi connectivity index (χ0v) is 13.8. The van der Waals surface area contributed by atoms with Crippen LogP contribution in [-0.2, 0) is 4.79 Å². The summed E-state index contributed by atoms with van der Waals surface area (Å²) >= 11 is 0.967. The molecule has 4 rings (SSSR count). The largest absolute Gasteiger partial charge is 0.486 e. The molecule has 1 aliphatic rings. The predicted octanol–water partition coefficient (Wildman–Crippen LogP) is 3.82. The molecule has 1 aromatic heterocycles. The molecule has 0 amide bonds. The summed E-state index contributed by atoms with van der Waals surface area (Å²) in [5, 5.41) is 9.78. The van der Waals surface area contributed by atoms with E-state index >= 15 is 0 Å². The molecule has 0 aliphatic carbocycles. The monoisotopic (exact) mass is 355 g/mol. The van der Waals surface area contributed by atoms with Gasteiger partial charge in [-0.25, -0.2) is 9.78 Å². The summed E-state index contributed by atoms with van der Waals surface area (Å²) in [5.41, 5.74) is 2.01. The second-order valence-electron chi connectivity index (χ2n) is 5.27. The number of ether oxygens (including phenoxy) is 2. The summed E-state index contributed by atoms with van der Waals surface area (Å²) in [7, 11) is 0. The molecule has 1 aliphatic heterocycles. The molecule has 0 saturated carbocycles. The van der Waals surface area contributed by atoms with E-state index in [1.807, 2.05) is 18.2 Å². The van der Waals surface area contributed by atoms with Crippen molar-refractivity contribution >= 4 is 34.9 Å². The molecule has 0 radical (unpaired) electrons. The van der Waals surface area contributed by atoms with Gasteiger partial charge in [0.05, 0.1) is 0 Å². The Labute approximate surface area is 147 Å². The maximum absolute atomic E-state index is 11.6. The molecule has 25 heavy (non-hydrogen) atoms. The molecule has 0 bridgehead atoms. The number of hydrogen-bond donors (Lipinski definition) is 1. The first-order valence-corrected chi connectivity index (χ1v) is 8.39. The number of benzene rings is 2.